The molecule has 1 heterocycles. The van der Waals surface area contributed by atoms with Crippen LogP contribution >= 0.6 is 0 Å². The van der Waals surface area contributed by atoms with E-state index in [0.717, 1.165) is 10.5 Å². The molecule has 1 aliphatic heterocycles. The molecule has 0 aromatic heterocycles. The van der Waals surface area contributed by atoms with Crippen molar-refractivity contribution in [2.24, 2.45) is 0 Å². The van der Waals surface area contributed by atoms with Crippen molar-refractivity contribution in [2.75, 3.05) is 18.8 Å². The Hall–Kier alpha value is -1.65. The molecule has 1 aliphatic rings. The first-order chi connectivity index (χ1) is 7.80. The van der Waals surface area contributed by atoms with Gasteiger partial charge in [0.15, 0.2) is 0 Å². The Bertz CT molecular complexity index is 478. The minimum atomic E-state index is -2.73. The van der Waals surface area contributed by atoms with Crippen molar-refractivity contribution in [2.45, 2.75) is 19.8 Å². The van der Waals surface area contributed by atoms with Crippen LogP contribution in [0.2, 0.25) is 0 Å². The molecule has 2 rings (SSSR count). The highest BCUT2D eigenvalue weighted by atomic mass is 19.3. The Kier molecular flexibility index (Phi) is 2.56. The summed E-state index contributed by atoms with van der Waals surface area (Å²) in [6.07, 6.45) is 0. The first kappa shape index (κ1) is 11.8. The summed E-state index contributed by atoms with van der Waals surface area (Å²) < 4.78 is 25.4. The average Bonchev–Trinajstić information content (AvgIpc) is 2.19. The zero-order valence-corrected chi connectivity index (χ0v) is 9.76. The van der Waals surface area contributed by atoms with E-state index in [2.05, 4.69) is 0 Å². The molecule has 5 heteroatoms. The van der Waals surface area contributed by atoms with E-state index in [9.17, 15) is 13.6 Å². The number of nitrogen functional groups attached to an aromatic ring is 1. The molecule has 0 bridgehead atoms. The normalized spacial score (nSPS) is 17.8. The number of likely N-dealkylation sites (tertiary alicyclic amines) is 1. The fraction of sp³-hybridized carbons (Fsp3) is 0.417. The van der Waals surface area contributed by atoms with Crippen molar-refractivity contribution < 1.29 is 13.6 Å². The maximum atomic E-state index is 12.7. The van der Waals surface area contributed by atoms with Crippen LogP contribution in [0.4, 0.5) is 14.5 Å². The van der Waals surface area contributed by atoms with Gasteiger partial charge in [-0.2, -0.15) is 0 Å². The predicted molar refractivity (Wildman–Crippen MR) is 61.2 cm³/mol. The monoisotopic (exact) mass is 240 g/mol. The van der Waals surface area contributed by atoms with Crippen LogP contribution in [0.25, 0.3) is 0 Å². The first-order valence-corrected chi connectivity index (χ1v) is 5.34. The number of carbonyl (C=O) groups excluding carboxylic acids is 1. The molecule has 0 aliphatic carbocycles. The third-order valence-electron chi connectivity index (χ3n) is 2.98. The highest BCUT2D eigenvalue weighted by Crippen LogP contribution is 2.29. The molecule has 1 amide bonds. The molecule has 92 valence electrons. The largest absolute Gasteiger partial charge is 0.399 e. The smallest absolute Gasteiger partial charge is 0.282 e. The lowest BCUT2D eigenvalue weighted by atomic mass is 10.0. The summed E-state index contributed by atoms with van der Waals surface area (Å²) >= 11 is 0. The van der Waals surface area contributed by atoms with E-state index in [1.54, 1.807) is 26.0 Å². The Balaban J connectivity index is 2.24. The Morgan fingerprint density at radius 1 is 1.29 bits per heavy atom. The van der Waals surface area contributed by atoms with Crippen molar-refractivity contribution in [1.29, 1.82) is 0 Å². The highest BCUT2D eigenvalue weighted by Gasteiger charge is 2.46. The number of amides is 1. The second-order valence-electron chi connectivity index (χ2n) is 4.54. The van der Waals surface area contributed by atoms with Gasteiger partial charge in [0.05, 0.1) is 13.1 Å². The average molecular weight is 240 g/mol. The van der Waals surface area contributed by atoms with E-state index in [0.29, 0.717) is 16.8 Å². The molecule has 0 atom stereocenters. The van der Waals surface area contributed by atoms with E-state index in [1.165, 1.54) is 0 Å². The van der Waals surface area contributed by atoms with Crippen molar-refractivity contribution in [3.63, 3.8) is 0 Å². The lowest BCUT2D eigenvalue weighted by Gasteiger charge is -2.39. The van der Waals surface area contributed by atoms with E-state index in [-0.39, 0.29) is 5.91 Å². The highest BCUT2D eigenvalue weighted by molar-refractivity contribution is 5.97. The van der Waals surface area contributed by atoms with Crippen LogP contribution in [0.5, 0.6) is 0 Å². The van der Waals surface area contributed by atoms with Gasteiger partial charge < -0.3 is 10.6 Å². The summed E-state index contributed by atoms with van der Waals surface area (Å²) in [7, 11) is 0. The zero-order chi connectivity index (χ0) is 12.8. The van der Waals surface area contributed by atoms with Gasteiger partial charge in [-0.15, -0.1) is 0 Å². The van der Waals surface area contributed by atoms with Gasteiger partial charge in [0.2, 0.25) is 0 Å². The minimum absolute atomic E-state index is 0.350. The summed E-state index contributed by atoms with van der Waals surface area (Å²) in [5.74, 6) is -3.08. The molecule has 0 radical (unpaired) electrons. The lowest BCUT2D eigenvalue weighted by Crippen LogP contribution is -2.58. The van der Waals surface area contributed by atoms with Gasteiger partial charge in [0.1, 0.15) is 0 Å². The summed E-state index contributed by atoms with van der Waals surface area (Å²) in [6, 6.07) is 3.35. The van der Waals surface area contributed by atoms with Crippen LogP contribution in [-0.4, -0.2) is 29.8 Å². The molecule has 17 heavy (non-hydrogen) atoms. The fourth-order valence-corrected chi connectivity index (χ4v) is 1.90. The predicted octanol–water partition coefficient (Wildman–Crippen LogP) is 1.98. The van der Waals surface area contributed by atoms with Crippen LogP contribution in [0.1, 0.15) is 21.5 Å². The molecule has 1 aromatic rings. The number of nitrogens with two attached hydrogens (primary N) is 1. The first-order valence-electron chi connectivity index (χ1n) is 5.34. The number of aryl methyl sites for hydroxylation is 2. The third kappa shape index (κ3) is 2.09. The van der Waals surface area contributed by atoms with Gasteiger partial charge in [-0.05, 0) is 37.1 Å². The SMILES string of the molecule is Cc1cc(C(=O)N2CC(F)(F)C2)c(C)cc1N. The maximum Gasteiger partial charge on any atom is 0.282 e. The number of rotatable bonds is 1. The van der Waals surface area contributed by atoms with Gasteiger partial charge in [-0.1, -0.05) is 0 Å². The summed E-state index contributed by atoms with van der Waals surface area (Å²) in [6.45, 7) is 2.56. The number of halogens is 2. The van der Waals surface area contributed by atoms with Crippen LogP contribution in [0.3, 0.4) is 0 Å². The molecule has 0 spiro atoms. The second kappa shape index (κ2) is 3.68. The molecular formula is C12H14F2N2O. The Morgan fingerprint density at radius 2 is 1.88 bits per heavy atom. The van der Waals surface area contributed by atoms with Crippen molar-refractivity contribution in [1.82, 2.24) is 4.90 Å². The number of hydrogen-bond donors (Lipinski definition) is 1. The molecular weight excluding hydrogens is 226 g/mol. The van der Waals surface area contributed by atoms with Crippen molar-refractivity contribution >= 4 is 11.6 Å². The summed E-state index contributed by atoms with van der Waals surface area (Å²) in [5, 5.41) is 0. The number of anilines is 1. The maximum absolute atomic E-state index is 12.7. The van der Waals surface area contributed by atoms with Gasteiger partial charge in [0, 0.05) is 11.3 Å². The number of alkyl halides is 2. The van der Waals surface area contributed by atoms with Crippen LogP contribution in [-0.2, 0) is 0 Å². The minimum Gasteiger partial charge on any atom is -0.399 e. The van der Waals surface area contributed by atoms with Gasteiger partial charge in [0.25, 0.3) is 11.8 Å². The van der Waals surface area contributed by atoms with Crippen LogP contribution in [0.15, 0.2) is 12.1 Å². The second-order valence-corrected chi connectivity index (χ2v) is 4.54. The third-order valence-corrected chi connectivity index (χ3v) is 2.98. The van der Waals surface area contributed by atoms with E-state index in [4.69, 9.17) is 5.73 Å². The van der Waals surface area contributed by atoms with E-state index in [1.807, 2.05) is 0 Å². The molecule has 0 unspecified atom stereocenters. The van der Waals surface area contributed by atoms with Crippen LogP contribution in [0, 0.1) is 13.8 Å². The number of carbonyl (C=O) groups is 1. The van der Waals surface area contributed by atoms with E-state index < -0.39 is 19.0 Å². The molecule has 2 N–H and O–H groups in total. The number of hydrogen-bond acceptors (Lipinski definition) is 2. The molecule has 1 aromatic carbocycles. The fourth-order valence-electron chi connectivity index (χ4n) is 1.90. The Labute approximate surface area is 98.2 Å². The van der Waals surface area contributed by atoms with Crippen molar-refractivity contribution in [3.05, 3.63) is 28.8 Å². The van der Waals surface area contributed by atoms with Crippen molar-refractivity contribution in [3.8, 4) is 0 Å². The van der Waals surface area contributed by atoms with Crippen LogP contribution < -0.4 is 5.73 Å². The number of benzene rings is 1. The van der Waals surface area contributed by atoms with E-state index >= 15 is 0 Å². The zero-order valence-electron chi connectivity index (χ0n) is 9.76. The molecule has 3 nitrogen and oxygen atoms in total. The lowest BCUT2D eigenvalue weighted by molar-refractivity contribution is -0.113. The summed E-state index contributed by atoms with van der Waals surface area (Å²) in [5.41, 5.74) is 8.27. The molecule has 1 saturated heterocycles. The number of nitrogens with zero attached hydrogens (tertiary/aromatic N) is 1. The summed E-state index contributed by atoms with van der Waals surface area (Å²) in [4.78, 5) is 13.1. The van der Waals surface area contributed by atoms with Gasteiger partial charge >= 0.3 is 0 Å². The Morgan fingerprint density at radius 3 is 2.41 bits per heavy atom. The quantitative estimate of drug-likeness (QED) is 0.763. The molecule has 1 fully saturated rings. The molecule has 0 saturated carbocycles. The topological polar surface area (TPSA) is 46.3 Å². The van der Waals surface area contributed by atoms with Gasteiger partial charge in [-0.3, -0.25) is 4.79 Å². The standard InChI is InChI=1S/C12H14F2N2O/c1-7-4-10(15)8(2)3-9(7)11(17)16-5-12(13,14)6-16/h3-4H,5-6,15H2,1-2H3. The van der Waals surface area contributed by atoms with Gasteiger partial charge in [-0.25, -0.2) is 8.78 Å².